The maximum Gasteiger partial charge on any atom is 0.258 e. The van der Waals surface area contributed by atoms with Crippen molar-refractivity contribution in [2.45, 2.75) is 25.3 Å². The number of carbonyl (C=O) groups excluding carboxylic acids is 1. The third-order valence-electron chi connectivity index (χ3n) is 3.64. The highest BCUT2D eigenvalue weighted by molar-refractivity contribution is 5.97. The average molecular weight is 266 g/mol. The molecule has 4 nitrogen and oxygen atoms in total. The lowest BCUT2D eigenvalue weighted by Crippen LogP contribution is -2.44. The molecule has 5 heteroatoms. The topological polar surface area (TPSA) is 52.6 Å². The van der Waals surface area contributed by atoms with E-state index >= 15 is 0 Å². The van der Waals surface area contributed by atoms with Crippen molar-refractivity contribution in [3.05, 3.63) is 29.6 Å². The van der Waals surface area contributed by atoms with E-state index in [1.54, 1.807) is 0 Å². The molecule has 0 radical (unpaired) electrons. The first-order valence-corrected chi connectivity index (χ1v) is 6.55. The Hall–Kier alpha value is -1.62. The molecular formula is C14H19FN2O2. The number of hydrogen-bond donors (Lipinski definition) is 2. The maximum absolute atomic E-state index is 13.5. The second kappa shape index (κ2) is 6.02. The minimum atomic E-state index is -0.700. The summed E-state index contributed by atoms with van der Waals surface area (Å²) in [4.78, 5) is 14.1. The Balaban J connectivity index is 1.97. The number of piperidine rings is 1. The fraction of sp³-hybridized carbons (Fsp3) is 0.500. The van der Waals surface area contributed by atoms with Crippen molar-refractivity contribution in [2.24, 2.45) is 0 Å². The highest BCUT2D eigenvalue weighted by Gasteiger charge is 2.21. The number of rotatable bonds is 3. The van der Waals surface area contributed by atoms with Gasteiger partial charge in [-0.3, -0.25) is 4.79 Å². The Morgan fingerprint density at radius 1 is 1.53 bits per heavy atom. The van der Waals surface area contributed by atoms with Crippen LogP contribution in [-0.4, -0.2) is 42.1 Å². The lowest BCUT2D eigenvalue weighted by atomic mass is 10.0. The quantitative estimate of drug-likeness (QED) is 0.876. The zero-order chi connectivity index (χ0) is 13.8. The van der Waals surface area contributed by atoms with Gasteiger partial charge in [0.25, 0.3) is 5.91 Å². The minimum absolute atomic E-state index is 0.277. The van der Waals surface area contributed by atoms with Crippen molar-refractivity contribution in [1.82, 2.24) is 10.2 Å². The third kappa shape index (κ3) is 3.23. The Bertz CT molecular complexity index is 445. The highest BCUT2D eigenvalue weighted by atomic mass is 19.1. The number of nitrogens with zero attached hydrogens (tertiary/aromatic N) is 1. The van der Waals surface area contributed by atoms with Gasteiger partial charge in [-0.1, -0.05) is 12.5 Å². The van der Waals surface area contributed by atoms with Gasteiger partial charge in [0.15, 0.2) is 0 Å². The summed E-state index contributed by atoms with van der Waals surface area (Å²) in [7, 11) is 2.02. The molecule has 1 unspecified atom stereocenters. The molecule has 19 heavy (non-hydrogen) atoms. The smallest absolute Gasteiger partial charge is 0.258 e. The van der Waals surface area contributed by atoms with Crippen molar-refractivity contribution in [3.63, 3.8) is 0 Å². The lowest BCUT2D eigenvalue weighted by molar-refractivity contribution is 0.0921. The lowest BCUT2D eigenvalue weighted by Gasteiger charge is -2.32. The van der Waals surface area contributed by atoms with E-state index in [4.69, 9.17) is 0 Å². The largest absolute Gasteiger partial charge is 0.507 e. The summed E-state index contributed by atoms with van der Waals surface area (Å²) < 4.78 is 13.5. The van der Waals surface area contributed by atoms with Gasteiger partial charge < -0.3 is 15.3 Å². The number of phenols is 1. The number of amides is 1. The van der Waals surface area contributed by atoms with E-state index in [2.05, 4.69) is 10.2 Å². The first kappa shape index (κ1) is 13.8. The van der Waals surface area contributed by atoms with Crippen LogP contribution in [-0.2, 0) is 0 Å². The second-order valence-electron chi connectivity index (χ2n) is 4.97. The number of aromatic hydroxyl groups is 1. The molecule has 1 fully saturated rings. The number of hydrogen-bond acceptors (Lipinski definition) is 3. The van der Waals surface area contributed by atoms with Crippen LogP contribution in [0, 0.1) is 5.82 Å². The van der Waals surface area contributed by atoms with E-state index in [1.165, 1.54) is 24.6 Å². The molecule has 104 valence electrons. The number of likely N-dealkylation sites (tertiary alicyclic amines) is 1. The number of nitrogens with one attached hydrogen (secondary N) is 1. The number of halogens is 1. The van der Waals surface area contributed by atoms with Crippen molar-refractivity contribution in [3.8, 4) is 5.75 Å². The highest BCUT2D eigenvalue weighted by Crippen LogP contribution is 2.20. The van der Waals surface area contributed by atoms with E-state index in [1.807, 2.05) is 7.05 Å². The van der Waals surface area contributed by atoms with Gasteiger partial charge >= 0.3 is 0 Å². The summed E-state index contributed by atoms with van der Waals surface area (Å²) >= 11 is 0. The normalized spacial score (nSPS) is 20.2. The van der Waals surface area contributed by atoms with E-state index in [-0.39, 0.29) is 17.4 Å². The van der Waals surface area contributed by atoms with Gasteiger partial charge in [-0.05, 0) is 38.6 Å². The van der Waals surface area contributed by atoms with Crippen LogP contribution < -0.4 is 5.32 Å². The molecule has 2 rings (SSSR count). The third-order valence-corrected chi connectivity index (χ3v) is 3.64. The Kier molecular flexibility index (Phi) is 4.37. The predicted octanol–water partition coefficient (Wildman–Crippen LogP) is 1.75. The molecule has 1 heterocycles. The molecule has 1 aromatic carbocycles. The SMILES string of the molecule is CN1CCCCC1CNC(=O)c1c(O)cccc1F. The summed E-state index contributed by atoms with van der Waals surface area (Å²) in [6, 6.07) is 4.13. The molecule has 1 aromatic rings. The first-order valence-electron chi connectivity index (χ1n) is 6.55. The molecule has 1 saturated heterocycles. The molecule has 0 aliphatic carbocycles. The summed E-state index contributed by atoms with van der Waals surface area (Å²) in [6.07, 6.45) is 3.35. The van der Waals surface area contributed by atoms with E-state index in [0.29, 0.717) is 6.54 Å². The minimum Gasteiger partial charge on any atom is -0.507 e. The molecule has 1 aliphatic rings. The van der Waals surface area contributed by atoms with Gasteiger partial charge in [-0.15, -0.1) is 0 Å². The Morgan fingerprint density at radius 2 is 2.32 bits per heavy atom. The second-order valence-corrected chi connectivity index (χ2v) is 4.97. The van der Waals surface area contributed by atoms with Crippen LogP contribution in [0.1, 0.15) is 29.6 Å². The first-order chi connectivity index (χ1) is 9.09. The number of likely N-dealkylation sites (N-methyl/N-ethyl adjacent to an activating group) is 1. The standard InChI is InChI=1S/C14H19FN2O2/c1-17-8-3-2-5-10(17)9-16-14(19)13-11(15)6-4-7-12(13)18/h4,6-7,10,18H,2-3,5,8-9H2,1H3,(H,16,19). The van der Waals surface area contributed by atoms with Crippen molar-refractivity contribution in [2.75, 3.05) is 20.1 Å². The van der Waals surface area contributed by atoms with Gasteiger partial charge in [0.2, 0.25) is 0 Å². The fourth-order valence-corrected chi connectivity index (χ4v) is 2.44. The summed E-state index contributed by atoms with van der Waals surface area (Å²) in [6.45, 7) is 1.49. The molecule has 1 atom stereocenters. The predicted molar refractivity (Wildman–Crippen MR) is 70.7 cm³/mol. The van der Waals surface area contributed by atoms with Crippen LogP contribution in [0.4, 0.5) is 4.39 Å². The van der Waals surface area contributed by atoms with Crippen LogP contribution in [0.2, 0.25) is 0 Å². The number of benzene rings is 1. The van der Waals surface area contributed by atoms with Gasteiger partial charge in [0.1, 0.15) is 17.1 Å². The van der Waals surface area contributed by atoms with Gasteiger partial charge in [-0.25, -0.2) is 4.39 Å². The monoisotopic (exact) mass is 266 g/mol. The molecule has 2 N–H and O–H groups in total. The zero-order valence-electron chi connectivity index (χ0n) is 11.0. The van der Waals surface area contributed by atoms with E-state index < -0.39 is 11.7 Å². The average Bonchev–Trinajstić information content (AvgIpc) is 2.37. The van der Waals surface area contributed by atoms with Crippen molar-refractivity contribution < 1.29 is 14.3 Å². The molecule has 0 aromatic heterocycles. The molecule has 0 saturated carbocycles. The van der Waals surface area contributed by atoms with Crippen LogP contribution >= 0.6 is 0 Å². The Morgan fingerprint density at radius 3 is 3.00 bits per heavy atom. The number of phenolic OH excluding ortho intramolecular Hbond substituents is 1. The van der Waals surface area contributed by atoms with Crippen molar-refractivity contribution in [1.29, 1.82) is 0 Å². The van der Waals surface area contributed by atoms with Crippen LogP contribution in [0.5, 0.6) is 5.75 Å². The van der Waals surface area contributed by atoms with E-state index in [0.717, 1.165) is 19.4 Å². The molecule has 0 bridgehead atoms. The summed E-state index contributed by atoms with van der Waals surface area (Å²) in [5.41, 5.74) is -0.277. The van der Waals surface area contributed by atoms with E-state index in [9.17, 15) is 14.3 Å². The summed E-state index contributed by atoms with van der Waals surface area (Å²) in [5, 5.41) is 12.2. The van der Waals surface area contributed by atoms with Gasteiger partial charge in [0.05, 0.1) is 0 Å². The molecule has 1 aliphatic heterocycles. The van der Waals surface area contributed by atoms with Crippen LogP contribution in [0.25, 0.3) is 0 Å². The molecular weight excluding hydrogens is 247 g/mol. The zero-order valence-corrected chi connectivity index (χ0v) is 11.0. The van der Waals surface area contributed by atoms with Crippen LogP contribution in [0.15, 0.2) is 18.2 Å². The fourth-order valence-electron chi connectivity index (χ4n) is 2.44. The van der Waals surface area contributed by atoms with Gasteiger partial charge in [0, 0.05) is 12.6 Å². The van der Waals surface area contributed by atoms with Crippen LogP contribution in [0.3, 0.4) is 0 Å². The molecule has 0 spiro atoms. The molecule has 1 amide bonds. The maximum atomic E-state index is 13.5. The Labute approximate surface area is 112 Å². The number of carbonyl (C=O) groups is 1. The summed E-state index contributed by atoms with van der Waals surface area (Å²) in [5.74, 6) is -1.58. The van der Waals surface area contributed by atoms with Crippen molar-refractivity contribution >= 4 is 5.91 Å². The van der Waals surface area contributed by atoms with Gasteiger partial charge in [-0.2, -0.15) is 0 Å².